The third kappa shape index (κ3) is 2.83. The molecule has 3 aromatic rings. The third-order valence-corrected chi connectivity index (χ3v) is 3.54. The standard InChI is InChI=1S/C16H20N4O/c1-3-17-10-6-9-15-18-11-14(21-15)16-12-7-4-5-8-13(12)20(2)19-16/h4-5,7-8,11,17H,3,6,9-10H2,1-2H3. The normalized spacial score (nSPS) is 11.3. The van der Waals surface area contributed by atoms with Crippen molar-refractivity contribution in [2.75, 3.05) is 13.1 Å². The fourth-order valence-electron chi connectivity index (χ4n) is 2.47. The predicted molar refractivity (Wildman–Crippen MR) is 83.1 cm³/mol. The Kier molecular flexibility index (Phi) is 4.01. The van der Waals surface area contributed by atoms with Crippen molar-refractivity contribution in [3.05, 3.63) is 36.4 Å². The molecular weight excluding hydrogens is 264 g/mol. The molecule has 3 rings (SSSR count). The third-order valence-electron chi connectivity index (χ3n) is 3.54. The smallest absolute Gasteiger partial charge is 0.195 e. The van der Waals surface area contributed by atoms with E-state index in [1.54, 1.807) is 6.20 Å². The van der Waals surface area contributed by atoms with Gasteiger partial charge in [0.1, 0.15) is 5.69 Å². The van der Waals surface area contributed by atoms with Crippen LogP contribution in [0, 0.1) is 0 Å². The van der Waals surface area contributed by atoms with Gasteiger partial charge in [0.25, 0.3) is 0 Å². The number of aryl methyl sites for hydroxylation is 2. The van der Waals surface area contributed by atoms with Gasteiger partial charge in [-0.15, -0.1) is 0 Å². The van der Waals surface area contributed by atoms with E-state index in [1.165, 1.54) is 0 Å². The molecule has 0 aliphatic carbocycles. The van der Waals surface area contributed by atoms with Gasteiger partial charge in [0, 0.05) is 18.9 Å². The van der Waals surface area contributed by atoms with E-state index in [2.05, 4.69) is 34.5 Å². The van der Waals surface area contributed by atoms with Crippen molar-refractivity contribution >= 4 is 10.9 Å². The molecule has 21 heavy (non-hydrogen) atoms. The predicted octanol–water partition coefficient (Wildman–Crippen LogP) is 2.77. The van der Waals surface area contributed by atoms with Crippen LogP contribution in [0.25, 0.3) is 22.4 Å². The summed E-state index contributed by atoms with van der Waals surface area (Å²) in [4.78, 5) is 4.36. The molecule has 0 aliphatic rings. The molecule has 0 radical (unpaired) electrons. The van der Waals surface area contributed by atoms with E-state index in [1.807, 2.05) is 23.9 Å². The van der Waals surface area contributed by atoms with Gasteiger partial charge in [-0.2, -0.15) is 5.10 Å². The van der Waals surface area contributed by atoms with Crippen LogP contribution in [0.2, 0.25) is 0 Å². The molecule has 0 amide bonds. The lowest BCUT2D eigenvalue weighted by atomic mass is 10.2. The highest BCUT2D eigenvalue weighted by Crippen LogP contribution is 2.27. The molecule has 0 unspecified atom stereocenters. The van der Waals surface area contributed by atoms with E-state index in [4.69, 9.17) is 4.42 Å². The number of para-hydroxylation sites is 1. The van der Waals surface area contributed by atoms with Gasteiger partial charge in [-0.05, 0) is 25.6 Å². The lowest BCUT2D eigenvalue weighted by molar-refractivity contribution is 0.491. The fraction of sp³-hybridized carbons (Fsp3) is 0.375. The minimum atomic E-state index is 0.741. The maximum atomic E-state index is 5.86. The number of hydrogen-bond acceptors (Lipinski definition) is 4. The number of nitrogens with one attached hydrogen (secondary N) is 1. The van der Waals surface area contributed by atoms with Crippen LogP contribution in [-0.4, -0.2) is 27.9 Å². The van der Waals surface area contributed by atoms with Crippen LogP contribution in [0.3, 0.4) is 0 Å². The zero-order valence-corrected chi connectivity index (χ0v) is 12.5. The van der Waals surface area contributed by atoms with E-state index in [9.17, 15) is 0 Å². The van der Waals surface area contributed by atoms with Crippen molar-refractivity contribution in [2.45, 2.75) is 19.8 Å². The van der Waals surface area contributed by atoms with E-state index in [0.717, 1.165) is 54.2 Å². The van der Waals surface area contributed by atoms with E-state index in [-0.39, 0.29) is 0 Å². The number of aromatic nitrogens is 3. The summed E-state index contributed by atoms with van der Waals surface area (Å²) < 4.78 is 7.73. The van der Waals surface area contributed by atoms with Gasteiger partial charge >= 0.3 is 0 Å². The molecule has 110 valence electrons. The number of nitrogens with zero attached hydrogens (tertiary/aromatic N) is 3. The Bertz CT molecular complexity index is 729. The van der Waals surface area contributed by atoms with Crippen molar-refractivity contribution in [2.24, 2.45) is 7.05 Å². The molecule has 0 saturated heterocycles. The van der Waals surface area contributed by atoms with Crippen molar-refractivity contribution in [1.29, 1.82) is 0 Å². The highest BCUT2D eigenvalue weighted by atomic mass is 16.4. The van der Waals surface area contributed by atoms with Crippen LogP contribution in [0.1, 0.15) is 19.2 Å². The lowest BCUT2D eigenvalue weighted by Crippen LogP contribution is -2.14. The summed E-state index contributed by atoms with van der Waals surface area (Å²) in [6.07, 6.45) is 3.64. The molecule has 2 heterocycles. The van der Waals surface area contributed by atoms with Crippen molar-refractivity contribution in [1.82, 2.24) is 20.1 Å². The Hall–Kier alpha value is -2.14. The highest BCUT2D eigenvalue weighted by molar-refractivity contribution is 5.91. The number of benzene rings is 1. The molecule has 0 atom stereocenters. The van der Waals surface area contributed by atoms with Crippen LogP contribution in [0.5, 0.6) is 0 Å². The zero-order chi connectivity index (χ0) is 14.7. The lowest BCUT2D eigenvalue weighted by Gasteiger charge is -1.98. The maximum absolute atomic E-state index is 5.86. The molecule has 5 nitrogen and oxygen atoms in total. The van der Waals surface area contributed by atoms with Gasteiger partial charge in [0.05, 0.1) is 11.7 Å². The zero-order valence-electron chi connectivity index (χ0n) is 12.5. The minimum Gasteiger partial charge on any atom is -0.439 e. The number of oxazole rings is 1. The average molecular weight is 284 g/mol. The first-order chi connectivity index (χ1) is 10.3. The van der Waals surface area contributed by atoms with Crippen LogP contribution < -0.4 is 5.32 Å². The topological polar surface area (TPSA) is 55.9 Å². The van der Waals surface area contributed by atoms with Crippen molar-refractivity contribution in [3.8, 4) is 11.5 Å². The van der Waals surface area contributed by atoms with Gasteiger partial charge in [-0.1, -0.05) is 25.1 Å². The summed E-state index contributed by atoms with van der Waals surface area (Å²) in [6.45, 7) is 4.09. The molecule has 0 spiro atoms. The Morgan fingerprint density at radius 3 is 3.00 bits per heavy atom. The van der Waals surface area contributed by atoms with Crippen LogP contribution in [0.15, 0.2) is 34.9 Å². The van der Waals surface area contributed by atoms with Crippen LogP contribution >= 0.6 is 0 Å². The second-order valence-electron chi connectivity index (χ2n) is 5.06. The molecule has 1 N–H and O–H groups in total. The van der Waals surface area contributed by atoms with Crippen molar-refractivity contribution < 1.29 is 4.42 Å². The quantitative estimate of drug-likeness (QED) is 0.707. The molecular formula is C16H20N4O. The van der Waals surface area contributed by atoms with E-state index in [0.29, 0.717) is 0 Å². The highest BCUT2D eigenvalue weighted by Gasteiger charge is 2.14. The molecule has 0 bridgehead atoms. The summed E-state index contributed by atoms with van der Waals surface area (Å²) in [5.74, 6) is 1.52. The number of hydrogen-bond donors (Lipinski definition) is 1. The molecule has 0 fully saturated rings. The largest absolute Gasteiger partial charge is 0.439 e. The first-order valence-electron chi connectivity index (χ1n) is 7.37. The van der Waals surface area contributed by atoms with Gasteiger partial charge in [0.15, 0.2) is 11.7 Å². The molecule has 2 aromatic heterocycles. The van der Waals surface area contributed by atoms with Crippen LogP contribution in [-0.2, 0) is 13.5 Å². The van der Waals surface area contributed by atoms with Crippen molar-refractivity contribution in [3.63, 3.8) is 0 Å². The molecule has 0 saturated carbocycles. The Morgan fingerprint density at radius 2 is 2.14 bits per heavy atom. The summed E-state index contributed by atoms with van der Waals surface area (Å²) in [5.41, 5.74) is 1.95. The number of fused-ring (bicyclic) bond motifs is 1. The van der Waals surface area contributed by atoms with Gasteiger partial charge in [0.2, 0.25) is 0 Å². The minimum absolute atomic E-state index is 0.741. The van der Waals surface area contributed by atoms with E-state index >= 15 is 0 Å². The summed E-state index contributed by atoms with van der Waals surface area (Å²) in [6, 6.07) is 8.14. The molecule has 0 aliphatic heterocycles. The summed E-state index contributed by atoms with van der Waals surface area (Å²) in [5, 5.41) is 8.95. The summed E-state index contributed by atoms with van der Waals surface area (Å²) in [7, 11) is 1.94. The second-order valence-corrected chi connectivity index (χ2v) is 5.06. The molecule has 5 heteroatoms. The summed E-state index contributed by atoms with van der Waals surface area (Å²) >= 11 is 0. The van der Waals surface area contributed by atoms with Gasteiger partial charge < -0.3 is 9.73 Å². The first-order valence-corrected chi connectivity index (χ1v) is 7.37. The Labute approximate surface area is 124 Å². The maximum Gasteiger partial charge on any atom is 0.195 e. The average Bonchev–Trinajstić information content (AvgIpc) is 3.09. The first kappa shape index (κ1) is 13.8. The van der Waals surface area contributed by atoms with Crippen LogP contribution in [0.4, 0.5) is 0 Å². The fourth-order valence-corrected chi connectivity index (χ4v) is 2.47. The van der Waals surface area contributed by atoms with E-state index < -0.39 is 0 Å². The molecule has 1 aromatic carbocycles. The monoisotopic (exact) mass is 284 g/mol. The Morgan fingerprint density at radius 1 is 1.29 bits per heavy atom. The Balaban J connectivity index is 1.82. The van der Waals surface area contributed by atoms with Gasteiger partial charge in [-0.25, -0.2) is 4.98 Å². The second kappa shape index (κ2) is 6.10. The SMILES string of the molecule is CCNCCCc1ncc(-c2nn(C)c3ccccc23)o1. The number of rotatable bonds is 6. The van der Waals surface area contributed by atoms with Gasteiger partial charge in [-0.3, -0.25) is 4.68 Å².